The number of nitrogens with one attached hydrogen (secondary N) is 1. The van der Waals surface area contributed by atoms with Crippen LogP contribution in [0.15, 0.2) is 36.7 Å². The molecule has 2 aromatic rings. The van der Waals surface area contributed by atoms with E-state index in [0.717, 1.165) is 17.7 Å². The van der Waals surface area contributed by atoms with Crippen molar-refractivity contribution in [3.63, 3.8) is 0 Å². The molecule has 3 rings (SSSR count). The SMILES string of the molecule is COCC(CNC1CCN(c2cnn(C)c2)C1=O)c1ccc(Cl)cc1. The van der Waals surface area contributed by atoms with Crippen LogP contribution in [0.3, 0.4) is 0 Å². The molecule has 0 aliphatic carbocycles. The van der Waals surface area contributed by atoms with Gasteiger partial charge in [-0.15, -0.1) is 0 Å². The third kappa shape index (κ3) is 4.21. The number of hydrogen-bond acceptors (Lipinski definition) is 4. The van der Waals surface area contributed by atoms with Crippen LogP contribution in [0.2, 0.25) is 5.02 Å². The smallest absolute Gasteiger partial charge is 0.244 e. The molecule has 134 valence electrons. The summed E-state index contributed by atoms with van der Waals surface area (Å²) in [6.45, 7) is 1.96. The molecule has 25 heavy (non-hydrogen) atoms. The van der Waals surface area contributed by atoms with E-state index in [2.05, 4.69) is 10.4 Å². The topological polar surface area (TPSA) is 59.4 Å². The first-order chi connectivity index (χ1) is 12.1. The molecule has 1 amide bonds. The Bertz CT molecular complexity index is 716. The third-order valence-electron chi connectivity index (χ3n) is 4.53. The first-order valence-electron chi connectivity index (χ1n) is 8.36. The van der Waals surface area contributed by atoms with E-state index < -0.39 is 0 Å². The minimum Gasteiger partial charge on any atom is -0.384 e. The first-order valence-corrected chi connectivity index (χ1v) is 8.74. The second-order valence-corrected chi connectivity index (χ2v) is 6.75. The number of carbonyl (C=O) groups excluding carboxylic acids is 1. The van der Waals surface area contributed by atoms with E-state index in [9.17, 15) is 4.79 Å². The Hall–Kier alpha value is -1.89. The normalized spacial score (nSPS) is 18.8. The van der Waals surface area contributed by atoms with Crippen molar-refractivity contribution in [1.82, 2.24) is 15.1 Å². The maximum absolute atomic E-state index is 12.6. The van der Waals surface area contributed by atoms with E-state index in [1.54, 1.807) is 22.9 Å². The summed E-state index contributed by atoms with van der Waals surface area (Å²) in [5.41, 5.74) is 2.00. The minimum atomic E-state index is -0.174. The zero-order valence-corrected chi connectivity index (χ0v) is 15.2. The Morgan fingerprint density at radius 3 is 2.80 bits per heavy atom. The lowest BCUT2D eigenvalue weighted by Crippen LogP contribution is -2.40. The highest BCUT2D eigenvalue weighted by Crippen LogP contribution is 2.22. The molecule has 1 aromatic heterocycles. The van der Waals surface area contributed by atoms with E-state index in [0.29, 0.717) is 24.7 Å². The van der Waals surface area contributed by atoms with Crippen LogP contribution in [0.25, 0.3) is 0 Å². The van der Waals surface area contributed by atoms with Crippen LogP contribution in [-0.2, 0) is 16.6 Å². The highest BCUT2D eigenvalue weighted by molar-refractivity contribution is 6.30. The molecule has 0 radical (unpaired) electrons. The number of aromatic nitrogens is 2. The highest BCUT2D eigenvalue weighted by Gasteiger charge is 2.33. The predicted molar refractivity (Wildman–Crippen MR) is 98.0 cm³/mol. The zero-order chi connectivity index (χ0) is 17.8. The Kier molecular flexibility index (Phi) is 5.73. The highest BCUT2D eigenvalue weighted by atomic mass is 35.5. The van der Waals surface area contributed by atoms with Crippen molar-refractivity contribution in [1.29, 1.82) is 0 Å². The molecule has 2 atom stereocenters. The summed E-state index contributed by atoms with van der Waals surface area (Å²) in [6.07, 6.45) is 4.37. The third-order valence-corrected chi connectivity index (χ3v) is 4.78. The van der Waals surface area contributed by atoms with Gasteiger partial charge in [0, 0.05) is 44.4 Å². The van der Waals surface area contributed by atoms with Crippen LogP contribution in [0.4, 0.5) is 5.69 Å². The van der Waals surface area contributed by atoms with Crippen LogP contribution in [0.5, 0.6) is 0 Å². The molecular weight excluding hydrogens is 340 g/mol. The number of amides is 1. The monoisotopic (exact) mass is 362 g/mol. The van der Waals surface area contributed by atoms with E-state index in [4.69, 9.17) is 16.3 Å². The fourth-order valence-corrected chi connectivity index (χ4v) is 3.29. The molecule has 1 N–H and O–H groups in total. The van der Waals surface area contributed by atoms with Crippen LogP contribution in [-0.4, -0.2) is 48.5 Å². The number of methoxy groups -OCH3 is 1. The largest absolute Gasteiger partial charge is 0.384 e. The van der Waals surface area contributed by atoms with Crippen molar-refractivity contribution in [2.75, 3.05) is 31.7 Å². The number of anilines is 1. The average Bonchev–Trinajstić information content (AvgIpc) is 3.18. The quantitative estimate of drug-likeness (QED) is 0.820. The molecule has 1 aliphatic heterocycles. The molecule has 0 saturated carbocycles. The van der Waals surface area contributed by atoms with Gasteiger partial charge < -0.3 is 15.0 Å². The number of ether oxygens (including phenoxy) is 1. The molecule has 7 heteroatoms. The van der Waals surface area contributed by atoms with E-state index in [-0.39, 0.29) is 17.9 Å². The van der Waals surface area contributed by atoms with Crippen molar-refractivity contribution in [2.45, 2.75) is 18.4 Å². The van der Waals surface area contributed by atoms with Gasteiger partial charge in [0.1, 0.15) is 0 Å². The van der Waals surface area contributed by atoms with Crippen molar-refractivity contribution in [2.24, 2.45) is 7.05 Å². The summed E-state index contributed by atoms with van der Waals surface area (Å²) >= 11 is 5.97. The Balaban J connectivity index is 1.61. The van der Waals surface area contributed by atoms with Crippen LogP contribution in [0, 0.1) is 0 Å². The van der Waals surface area contributed by atoms with Gasteiger partial charge in [-0.05, 0) is 24.1 Å². The number of halogens is 1. The molecule has 2 unspecified atom stereocenters. The van der Waals surface area contributed by atoms with Gasteiger partial charge in [-0.3, -0.25) is 9.48 Å². The van der Waals surface area contributed by atoms with Gasteiger partial charge in [0.05, 0.1) is 24.5 Å². The number of aryl methyl sites for hydroxylation is 1. The van der Waals surface area contributed by atoms with E-state index >= 15 is 0 Å². The molecule has 0 spiro atoms. The maximum Gasteiger partial charge on any atom is 0.244 e. The van der Waals surface area contributed by atoms with E-state index in [1.807, 2.05) is 37.5 Å². The van der Waals surface area contributed by atoms with Gasteiger partial charge in [0.25, 0.3) is 0 Å². The van der Waals surface area contributed by atoms with Crippen LogP contribution >= 0.6 is 11.6 Å². The Morgan fingerprint density at radius 1 is 1.40 bits per heavy atom. The maximum atomic E-state index is 12.6. The molecule has 2 heterocycles. The lowest BCUT2D eigenvalue weighted by molar-refractivity contribution is -0.118. The average molecular weight is 363 g/mol. The Labute approximate surface area is 152 Å². The molecule has 1 fully saturated rings. The predicted octanol–water partition coefficient (Wildman–Crippen LogP) is 2.20. The van der Waals surface area contributed by atoms with Crippen LogP contribution in [0.1, 0.15) is 17.9 Å². The second kappa shape index (κ2) is 7.99. The lowest BCUT2D eigenvalue weighted by Gasteiger charge is -2.20. The van der Waals surface area contributed by atoms with Gasteiger partial charge in [-0.1, -0.05) is 23.7 Å². The molecule has 1 aromatic carbocycles. The first kappa shape index (κ1) is 17.9. The summed E-state index contributed by atoms with van der Waals surface area (Å²) in [7, 11) is 3.54. The summed E-state index contributed by atoms with van der Waals surface area (Å²) < 4.78 is 7.05. The van der Waals surface area contributed by atoms with Gasteiger partial charge >= 0.3 is 0 Å². The fourth-order valence-electron chi connectivity index (χ4n) is 3.17. The fraction of sp³-hybridized carbons (Fsp3) is 0.444. The minimum absolute atomic E-state index is 0.0975. The summed E-state index contributed by atoms with van der Waals surface area (Å²) in [5, 5.41) is 8.26. The summed E-state index contributed by atoms with van der Waals surface area (Å²) in [6, 6.07) is 7.60. The number of hydrogen-bond donors (Lipinski definition) is 1. The van der Waals surface area contributed by atoms with Gasteiger partial charge in [-0.25, -0.2) is 0 Å². The number of carbonyl (C=O) groups is 1. The van der Waals surface area contributed by atoms with Gasteiger partial charge in [-0.2, -0.15) is 5.10 Å². The van der Waals surface area contributed by atoms with Gasteiger partial charge in [0.2, 0.25) is 5.91 Å². The van der Waals surface area contributed by atoms with Crippen molar-refractivity contribution in [3.05, 3.63) is 47.2 Å². The summed E-state index contributed by atoms with van der Waals surface area (Å²) in [5.74, 6) is 0.266. The number of nitrogens with zero attached hydrogens (tertiary/aromatic N) is 3. The molecular formula is C18H23ClN4O2. The van der Waals surface area contributed by atoms with Gasteiger partial charge in [0.15, 0.2) is 0 Å². The van der Waals surface area contributed by atoms with Crippen LogP contribution < -0.4 is 10.2 Å². The molecule has 1 aliphatic rings. The molecule has 6 nitrogen and oxygen atoms in total. The van der Waals surface area contributed by atoms with E-state index in [1.165, 1.54) is 0 Å². The number of benzene rings is 1. The van der Waals surface area contributed by atoms with Crippen molar-refractivity contribution >= 4 is 23.2 Å². The number of rotatable bonds is 7. The van der Waals surface area contributed by atoms with Crippen molar-refractivity contribution < 1.29 is 9.53 Å². The Morgan fingerprint density at radius 2 is 2.16 bits per heavy atom. The molecule has 1 saturated heterocycles. The van der Waals surface area contributed by atoms with Crippen molar-refractivity contribution in [3.8, 4) is 0 Å². The second-order valence-electron chi connectivity index (χ2n) is 6.32. The standard InChI is InChI=1S/C18H23ClN4O2/c1-22-11-16(10-21-22)23-8-7-17(18(23)24)20-9-14(12-25-2)13-3-5-15(19)6-4-13/h3-6,10-11,14,17,20H,7-9,12H2,1-2H3. The lowest BCUT2D eigenvalue weighted by atomic mass is 9.99. The molecule has 0 bridgehead atoms. The zero-order valence-electron chi connectivity index (χ0n) is 14.5. The summed E-state index contributed by atoms with van der Waals surface area (Å²) in [4.78, 5) is 14.4.